The van der Waals surface area contributed by atoms with E-state index in [1.807, 2.05) is 6.92 Å². The summed E-state index contributed by atoms with van der Waals surface area (Å²) in [6.07, 6.45) is 0. The monoisotopic (exact) mass is 307 g/mol. The maximum Gasteiger partial charge on any atom is 0.159 e. The predicted molar refractivity (Wildman–Crippen MR) is 70.4 cm³/mol. The van der Waals surface area contributed by atoms with Crippen LogP contribution in [0, 0.1) is 12.7 Å². The molecule has 1 aromatic heterocycles. The third-order valence-corrected chi connectivity index (χ3v) is 3.68. The molecule has 1 aliphatic heterocycles. The van der Waals surface area contributed by atoms with Gasteiger partial charge in [0.05, 0.1) is 10.2 Å². The summed E-state index contributed by atoms with van der Waals surface area (Å²) in [6, 6.07) is 4.83. The zero-order valence-corrected chi connectivity index (χ0v) is 11.4. The molecule has 2 aromatic rings. The van der Waals surface area contributed by atoms with Gasteiger partial charge >= 0.3 is 0 Å². The van der Waals surface area contributed by atoms with Crippen molar-refractivity contribution in [3.05, 3.63) is 45.4 Å². The van der Waals surface area contributed by atoms with E-state index in [0.717, 1.165) is 30.0 Å². The molecule has 0 atom stereocenters. The summed E-state index contributed by atoms with van der Waals surface area (Å²) in [5, 5.41) is 3.26. The van der Waals surface area contributed by atoms with E-state index in [-0.39, 0.29) is 5.82 Å². The third kappa shape index (κ3) is 1.93. The molecule has 0 unspecified atom stereocenters. The minimum absolute atomic E-state index is 0.279. The molecule has 0 bridgehead atoms. The van der Waals surface area contributed by atoms with Crippen molar-refractivity contribution in [1.29, 1.82) is 0 Å². The van der Waals surface area contributed by atoms with Crippen molar-refractivity contribution in [2.45, 2.75) is 20.0 Å². The maximum atomic E-state index is 13.2. The summed E-state index contributed by atoms with van der Waals surface area (Å²) < 4.78 is 13.6. The first-order chi connectivity index (χ1) is 8.65. The molecule has 5 heteroatoms. The van der Waals surface area contributed by atoms with Crippen molar-refractivity contribution in [1.82, 2.24) is 15.3 Å². The van der Waals surface area contributed by atoms with Gasteiger partial charge in [0.1, 0.15) is 5.82 Å². The van der Waals surface area contributed by atoms with Gasteiger partial charge in [0.2, 0.25) is 0 Å². The lowest BCUT2D eigenvalue weighted by Crippen LogP contribution is -2.00. The van der Waals surface area contributed by atoms with Crippen molar-refractivity contribution >= 4 is 15.9 Å². The predicted octanol–water partition coefficient (Wildman–Crippen LogP) is 2.96. The topological polar surface area (TPSA) is 37.8 Å². The van der Waals surface area contributed by atoms with Crippen LogP contribution in [0.25, 0.3) is 11.4 Å². The molecular weight excluding hydrogens is 297 g/mol. The number of fused-ring (bicyclic) bond motifs is 1. The quantitative estimate of drug-likeness (QED) is 0.880. The highest BCUT2D eigenvalue weighted by Crippen LogP contribution is 2.25. The highest BCUT2D eigenvalue weighted by atomic mass is 79.9. The van der Waals surface area contributed by atoms with E-state index in [1.165, 1.54) is 11.6 Å². The van der Waals surface area contributed by atoms with E-state index in [1.54, 1.807) is 12.1 Å². The average molecular weight is 308 g/mol. The van der Waals surface area contributed by atoms with Crippen molar-refractivity contribution in [2.75, 3.05) is 0 Å². The average Bonchev–Trinajstić information content (AvgIpc) is 2.81. The van der Waals surface area contributed by atoms with Gasteiger partial charge in [-0.3, -0.25) is 0 Å². The summed E-state index contributed by atoms with van der Waals surface area (Å²) in [4.78, 5) is 9.03. The van der Waals surface area contributed by atoms with E-state index in [2.05, 4.69) is 31.2 Å². The Balaban J connectivity index is 2.12. The zero-order valence-electron chi connectivity index (χ0n) is 9.80. The van der Waals surface area contributed by atoms with Crippen LogP contribution in [-0.2, 0) is 13.1 Å². The van der Waals surface area contributed by atoms with Gasteiger partial charge in [0.15, 0.2) is 5.82 Å². The van der Waals surface area contributed by atoms with Crippen molar-refractivity contribution in [3.63, 3.8) is 0 Å². The number of aryl methyl sites for hydroxylation is 1. The van der Waals surface area contributed by atoms with Gasteiger partial charge in [-0.1, -0.05) is 0 Å². The fourth-order valence-corrected chi connectivity index (χ4v) is 2.48. The van der Waals surface area contributed by atoms with Gasteiger partial charge in [0, 0.05) is 29.9 Å². The van der Waals surface area contributed by atoms with Crippen LogP contribution in [0.15, 0.2) is 22.7 Å². The number of benzene rings is 1. The van der Waals surface area contributed by atoms with Crippen LogP contribution in [-0.4, -0.2) is 9.97 Å². The van der Waals surface area contributed by atoms with E-state index in [0.29, 0.717) is 10.3 Å². The van der Waals surface area contributed by atoms with Crippen LogP contribution in [0.2, 0.25) is 0 Å². The fraction of sp³-hybridized carbons (Fsp3) is 0.231. The highest BCUT2D eigenvalue weighted by Gasteiger charge is 2.17. The van der Waals surface area contributed by atoms with Gasteiger partial charge in [-0.2, -0.15) is 0 Å². The molecule has 0 spiro atoms. The smallest absolute Gasteiger partial charge is 0.159 e. The molecule has 0 saturated heterocycles. The summed E-state index contributed by atoms with van der Waals surface area (Å²) in [5.74, 6) is 0.369. The third-order valence-electron chi connectivity index (χ3n) is 3.07. The number of hydrogen-bond donors (Lipinski definition) is 1. The molecule has 0 fully saturated rings. The summed E-state index contributed by atoms with van der Waals surface area (Å²) in [6.45, 7) is 3.58. The van der Waals surface area contributed by atoms with Gasteiger partial charge in [-0.25, -0.2) is 14.4 Å². The molecule has 0 aliphatic carbocycles. The summed E-state index contributed by atoms with van der Waals surface area (Å²) in [5.41, 5.74) is 4.03. The molecule has 1 aliphatic rings. The molecule has 0 amide bonds. The van der Waals surface area contributed by atoms with Crippen LogP contribution in [0.4, 0.5) is 4.39 Å². The van der Waals surface area contributed by atoms with Crippen LogP contribution < -0.4 is 5.32 Å². The number of rotatable bonds is 1. The van der Waals surface area contributed by atoms with Crippen molar-refractivity contribution in [3.8, 4) is 11.4 Å². The minimum atomic E-state index is -0.279. The van der Waals surface area contributed by atoms with Gasteiger partial charge in [0.25, 0.3) is 0 Å². The summed E-state index contributed by atoms with van der Waals surface area (Å²) in [7, 11) is 0. The second-order valence-corrected chi connectivity index (χ2v) is 5.14. The van der Waals surface area contributed by atoms with Gasteiger partial charge < -0.3 is 5.32 Å². The van der Waals surface area contributed by atoms with Crippen LogP contribution in [0.5, 0.6) is 0 Å². The standard InChI is InChI=1S/C13H11BrFN3/c1-7-9-5-16-6-12(9)18-13(17-7)8-2-3-11(15)10(14)4-8/h2-4,16H,5-6H2,1H3. The van der Waals surface area contributed by atoms with Gasteiger partial charge in [-0.15, -0.1) is 0 Å². The molecule has 3 nitrogen and oxygen atoms in total. The van der Waals surface area contributed by atoms with Crippen LogP contribution in [0.1, 0.15) is 17.0 Å². The molecule has 1 N–H and O–H groups in total. The SMILES string of the molecule is Cc1nc(-c2ccc(F)c(Br)c2)nc2c1CNC2. The number of aromatic nitrogens is 2. The number of nitrogens with zero attached hydrogens (tertiary/aromatic N) is 2. The van der Waals surface area contributed by atoms with Crippen molar-refractivity contribution < 1.29 is 4.39 Å². The maximum absolute atomic E-state index is 13.2. The lowest BCUT2D eigenvalue weighted by molar-refractivity contribution is 0.621. The fourth-order valence-electron chi connectivity index (χ4n) is 2.10. The van der Waals surface area contributed by atoms with E-state index < -0.39 is 0 Å². The molecule has 2 heterocycles. The Morgan fingerprint density at radius 1 is 1.28 bits per heavy atom. The molecule has 18 heavy (non-hydrogen) atoms. The molecule has 0 radical (unpaired) electrons. The van der Waals surface area contributed by atoms with E-state index >= 15 is 0 Å². The Bertz CT molecular complexity index is 628. The Kier molecular flexibility index (Phi) is 2.87. The van der Waals surface area contributed by atoms with Crippen molar-refractivity contribution in [2.24, 2.45) is 0 Å². The second-order valence-electron chi connectivity index (χ2n) is 4.29. The number of halogens is 2. The largest absolute Gasteiger partial charge is 0.307 e. The van der Waals surface area contributed by atoms with Crippen LogP contribution in [0.3, 0.4) is 0 Å². The Labute approximate surface area is 113 Å². The normalized spacial score (nSPS) is 13.7. The highest BCUT2D eigenvalue weighted by molar-refractivity contribution is 9.10. The van der Waals surface area contributed by atoms with E-state index in [9.17, 15) is 4.39 Å². The molecule has 3 rings (SSSR count). The Morgan fingerprint density at radius 3 is 2.89 bits per heavy atom. The Hall–Kier alpha value is -1.33. The summed E-state index contributed by atoms with van der Waals surface area (Å²) >= 11 is 3.18. The lowest BCUT2D eigenvalue weighted by Gasteiger charge is -2.07. The molecule has 0 saturated carbocycles. The second kappa shape index (κ2) is 4.40. The molecule has 92 valence electrons. The molecular formula is C13H11BrFN3. The number of hydrogen-bond acceptors (Lipinski definition) is 3. The first-order valence-electron chi connectivity index (χ1n) is 5.67. The van der Waals surface area contributed by atoms with Gasteiger partial charge in [-0.05, 0) is 41.1 Å². The first-order valence-corrected chi connectivity index (χ1v) is 6.47. The first kappa shape index (κ1) is 11.7. The minimum Gasteiger partial charge on any atom is -0.307 e. The van der Waals surface area contributed by atoms with E-state index in [4.69, 9.17) is 0 Å². The van der Waals surface area contributed by atoms with Crippen LogP contribution >= 0.6 is 15.9 Å². The Morgan fingerprint density at radius 2 is 2.11 bits per heavy atom. The zero-order chi connectivity index (χ0) is 12.7. The molecule has 1 aromatic carbocycles. The number of nitrogens with one attached hydrogen (secondary N) is 1. The lowest BCUT2D eigenvalue weighted by atomic mass is 10.1.